The van der Waals surface area contributed by atoms with E-state index in [1.165, 1.54) is 13.4 Å². The van der Waals surface area contributed by atoms with E-state index in [1.807, 2.05) is 30.7 Å². The van der Waals surface area contributed by atoms with Crippen LogP contribution in [-0.4, -0.2) is 29.4 Å². The number of rotatable bonds is 5. The number of thiazole rings is 1. The molecule has 0 saturated carbocycles. The van der Waals surface area contributed by atoms with Crippen LogP contribution in [0.4, 0.5) is 0 Å². The monoisotopic (exact) mass is 361 g/mol. The van der Waals surface area contributed by atoms with Gasteiger partial charge in [0.15, 0.2) is 5.76 Å². The van der Waals surface area contributed by atoms with Crippen LogP contribution < -0.4 is 0 Å². The van der Waals surface area contributed by atoms with Crippen molar-refractivity contribution in [3.05, 3.63) is 41.0 Å². The number of furan rings is 1. The summed E-state index contributed by atoms with van der Waals surface area (Å²) in [6, 6.07) is 5.43. The van der Waals surface area contributed by atoms with Gasteiger partial charge in [-0.05, 0) is 13.2 Å². The Morgan fingerprint density at radius 1 is 1.46 bits per heavy atom. The van der Waals surface area contributed by atoms with Crippen LogP contribution in [0.2, 0.25) is 0 Å². The second kappa shape index (κ2) is 6.70. The van der Waals surface area contributed by atoms with Crippen molar-refractivity contribution >= 4 is 45.6 Å². The summed E-state index contributed by atoms with van der Waals surface area (Å²) >= 11 is 3.13. The number of carboxylic acids is 1. The topological polar surface area (TPSA) is 72.6 Å². The molecule has 3 aromatic rings. The highest BCUT2D eigenvalue weighted by Crippen LogP contribution is 2.37. The molecule has 0 fully saturated rings. The fourth-order valence-corrected chi connectivity index (χ4v) is 3.74. The Morgan fingerprint density at radius 2 is 2.25 bits per heavy atom. The Balaban J connectivity index is 2.23. The number of ether oxygens (including phenoxy) is 1. The van der Waals surface area contributed by atoms with E-state index >= 15 is 0 Å². The van der Waals surface area contributed by atoms with Gasteiger partial charge in [-0.2, -0.15) is 0 Å². The van der Waals surface area contributed by atoms with E-state index in [0.29, 0.717) is 16.9 Å². The lowest BCUT2D eigenvalue weighted by Gasteiger charge is -2.03. The molecule has 3 rings (SSSR count). The zero-order valence-corrected chi connectivity index (χ0v) is 15.0. The number of thioether (sulfide) groups is 1. The summed E-state index contributed by atoms with van der Waals surface area (Å²) in [6.07, 6.45) is 3.18. The first-order valence-electron chi connectivity index (χ1n) is 7.05. The number of fused-ring (bicyclic) bond motifs is 1. The van der Waals surface area contributed by atoms with Crippen LogP contribution in [0.15, 0.2) is 38.6 Å². The van der Waals surface area contributed by atoms with E-state index in [-0.39, 0.29) is 5.57 Å². The number of aliphatic carboxylic acids is 1. The Hall–Kier alpha value is -2.25. The maximum absolute atomic E-state index is 11.5. The minimum absolute atomic E-state index is 0.0477. The van der Waals surface area contributed by atoms with Crippen molar-refractivity contribution in [2.24, 2.45) is 0 Å². The lowest BCUT2D eigenvalue weighted by Crippen LogP contribution is -2.00. The summed E-state index contributed by atoms with van der Waals surface area (Å²) in [5, 5.41) is 12.3. The third-order valence-corrected chi connectivity index (χ3v) is 5.47. The number of hydrogen-bond acceptors (Lipinski definition) is 6. The van der Waals surface area contributed by atoms with Crippen LogP contribution in [0.1, 0.15) is 11.1 Å². The molecule has 1 aromatic carbocycles. The second-order valence-electron chi connectivity index (χ2n) is 5.01. The fourth-order valence-electron chi connectivity index (χ4n) is 2.50. The Morgan fingerprint density at radius 3 is 2.88 bits per heavy atom. The minimum Gasteiger partial charge on any atom is -0.503 e. The molecule has 0 spiro atoms. The average molecular weight is 361 g/mol. The normalized spacial score (nSPS) is 11.9. The SMILES string of the molecule is COC=C(C(=O)O)c1cccc2c(C)c(-c3csc(SC)n3)oc12. The zero-order chi connectivity index (χ0) is 17.3. The average Bonchev–Trinajstić information content (AvgIpc) is 3.17. The molecule has 0 amide bonds. The molecular formula is C17H15NO4S2. The molecule has 1 N–H and O–H groups in total. The number of nitrogens with zero attached hydrogens (tertiary/aromatic N) is 1. The van der Waals surface area contributed by atoms with Crippen LogP contribution in [0, 0.1) is 6.92 Å². The zero-order valence-electron chi connectivity index (χ0n) is 13.3. The number of methoxy groups -OCH3 is 1. The molecule has 0 unspecified atom stereocenters. The first-order chi connectivity index (χ1) is 11.6. The standard InChI is InChI=1S/C17H15NO4S2/c1-9-10-5-4-6-11(12(7-21-2)16(19)20)15(10)22-14(9)13-8-24-17(18-13)23-3/h4-8H,1-3H3,(H,19,20). The highest BCUT2D eigenvalue weighted by Gasteiger charge is 2.21. The molecule has 2 aromatic heterocycles. The van der Waals surface area contributed by atoms with Gasteiger partial charge in [0.1, 0.15) is 21.2 Å². The van der Waals surface area contributed by atoms with Crippen LogP contribution in [0.25, 0.3) is 28.0 Å². The van der Waals surface area contributed by atoms with Crippen molar-refractivity contribution in [3.63, 3.8) is 0 Å². The summed E-state index contributed by atoms with van der Waals surface area (Å²) in [6.45, 7) is 1.95. The molecular weight excluding hydrogens is 346 g/mol. The molecule has 2 heterocycles. The number of aryl methyl sites for hydroxylation is 1. The molecule has 0 saturated heterocycles. The summed E-state index contributed by atoms with van der Waals surface area (Å²) in [4.78, 5) is 16.1. The Kier molecular flexibility index (Phi) is 4.64. The quantitative estimate of drug-likeness (QED) is 0.405. The van der Waals surface area contributed by atoms with Crippen molar-refractivity contribution < 1.29 is 19.1 Å². The Bertz CT molecular complexity index is 939. The van der Waals surface area contributed by atoms with Gasteiger partial charge < -0.3 is 14.3 Å². The van der Waals surface area contributed by atoms with Crippen LogP contribution in [-0.2, 0) is 9.53 Å². The van der Waals surface area contributed by atoms with Crippen molar-refractivity contribution in [1.29, 1.82) is 0 Å². The molecule has 124 valence electrons. The van der Waals surface area contributed by atoms with E-state index in [9.17, 15) is 9.90 Å². The molecule has 0 aliphatic rings. The summed E-state index contributed by atoms with van der Waals surface area (Å²) < 4.78 is 11.9. The van der Waals surface area contributed by atoms with E-state index in [2.05, 4.69) is 4.98 Å². The van der Waals surface area contributed by atoms with Gasteiger partial charge in [0.25, 0.3) is 0 Å². The van der Waals surface area contributed by atoms with Crippen LogP contribution in [0.3, 0.4) is 0 Å². The molecule has 0 bridgehead atoms. The van der Waals surface area contributed by atoms with Gasteiger partial charge in [-0.15, -0.1) is 11.3 Å². The number of carbonyl (C=O) groups is 1. The third-order valence-electron chi connectivity index (χ3n) is 3.61. The predicted octanol–water partition coefficient (Wildman–Crippen LogP) is 4.66. The maximum atomic E-state index is 11.5. The first kappa shape index (κ1) is 16.6. The molecule has 0 aliphatic heterocycles. The minimum atomic E-state index is -1.07. The fraction of sp³-hybridized carbons (Fsp3) is 0.176. The number of carboxylic acid groups (broad SMARTS) is 1. The summed E-state index contributed by atoms with van der Waals surface area (Å²) in [5.74, 6) is -0.408. The molecule has 0 radical (unpaired) electrons. The van der Waals surface area contributed by atoms with Gasteiger partial charge in [-0.3, -0.25) is 0 Å². The smallest absolute Gasteiger partial charge is 0.339 e. The Labute approximate surface area is 147 Å². The highest BCUT2D eigenvalue weighted by molar-refractivity contribution is 8.00. The number of aromatic nitrogens is 1. The molecule has 24 heavy (non-hydrogen) atoms. The largest absolute Gasteiger partial charge is 0.503 e. The lowest BCUT2D eigenvalue weighted by molar-refractivity contribution is -0.130. The molecule has 5 nitrogen and oxygen atoms in total. The van der Waals surface area contributed by atoms with E-state index < -0.39 is 5.97 Å². The first-order valence-corrected chi connectivity index (χ1v) is 9.16. The van der Waals surface area contributed by atoms with Crippen molar-refractivity contribution in [3.8, 4) is 11.5 Å². The number of para-hydroxylation sites is 1. The lowest BCUT2D eigenvalue weighted by atomic mass is 10.0. The highest BCUT2D eigenvalue weighted by atomic mass is 32.2. The van der Waals surface area contributed by atoms with Gasteiger partial charge in [0, 0.05) is 21.9 Å². The van der Waals surface area contributed by atoms with Crippen molar-refractivity contribution in [2.45, 2.75) is 11.3 Å². The number of benzene rings is 1. The van der Waals surface area contributed by atoms with E-state index in [0.717, 1.165) is 21.0 Å². The van der Waals surface area contributed by atoms with Crippen LogP contribution >= 0.6 is 23.1 Å². The number of hydrogen-bond donors (Lipinski definition) is 1. The van der Waals surface area contributed by atoms with Gasteiger partial charge in [0.05, 0.1) is 13.4 Å². The third kappa shape index (κ3) is 2.81. The van der Waals surface area contributed by atoms with Gasteiger partial charge >= 0.3 is 5.97 Å². The molecule has 7 heteroatoms. The maximum Gasteiger partial charge on any atom is 0.339 e. The summed E-state index contributed by atoms with van der Waals surface area (Å²) in [5.41, 5.74) is 2.75. The molecule has 0 atom stereocenters. The van der Waals surface area contributed by atoms with Gasteiger partial charge in [0.2, 0.25) is 0 Å². The second-order valence-corrected chi connectivity index (χ2v) is 6.93. The van der Waals surface area contributed by atoms with Crippen molar-refractivity contribution in [1.82, 2.24) is 4.98 Å². The van der Waals surface area contributed by atoms with Gasteiger partial charge in [-0.25, -0.2) is 9.78 Å². The summed E-state index contributed by atoms with van der Waals surface area (Å²) in [7, 11) is 1.42. The van der Waals surface area contributed by atoms with E-state index in [4.69, 9.17) is 9.15 Å². The van der Waals surface area contributed by atoms with E-state index in [1.54, 1.807) is 29.2 Å². The van der Waals surface area contributed by atoms with Crippen molar-refractivity contribution in [2.75, 3.05) is 13.4 Å². The van der Waals surface area contributed by atoms with Gasteiger partial charge in [-0.1, -0.05) is 30.0 Å². The molecule has 0 aliphatic carbocycles. The predicted molar refractivity (Wildman–Crippen MR) is 96.5 cm³/mol. The van der Waals surface area contributed by atoms with Crippen LogP contribution in [0.5, 0.6) is 0 Å².